The first-order valence-corrected chi connectivity index (χ1v) is 9.79. The first-order chi connectivity index (χ1) is 14.0. The van der Waals surface area contributed by atoms with Crippen LogP contribution in [0.15, 0.2) is 41.1 Å². The number of amides is 1. The maximum absolute atomic E-state index is 13.1. The molecule has 0 radical (unpaired) electrons. The third-order valence-corrected chi connectivity index (χ3v) is 5.34. The number of benzene rings is 1. The number of carbonyl (C=O) groups is 1. The zero-order valence-electron chi connectivity index (χ0n) is 16.6. The molecule has 0 saturated carbocycles. The Balaban J connectivity index is 1.45. The third-order valence-electron chi connectivity index (χ3n) is 5.34. The minimum atomic E-state index is -0.292. The highest BCUT2D eigenvalue weighted by Crippen LogP contribution is 2.34. The van der Waals surface area contributed by atoms with Crippen molar-refractivity contribution in [1.82, 2.24) is 20.0 Å². The highest BCUT2D eigenvalue weighted by molar-refractivity contribution is 5.79. The number of hydrogen-bond acceptors (Lipinski definition) is 5. The first-order valence-electron chi connectivity index (χ1n) is 9.79. The molecule has 0 N–H and O–H groups in total. The van der Waals surface area contributed by atoms with Gasteiger partial charge in [-0.25, -0.2) is 14.4 Å². The molecule has 1 aliphatic heterocycles. The lowest BCUT2D eigenvalue weighted by Crippen LogP contribution is -2.39. The normalized spacial score (nSPS) is 14.9. The van der Waals surface area contributed by atoms with E-state index in [2.05, 4.69) is 10.1 Å². The van der Waals surface area contributed by atoms with E-state index in [0.717, 1.165) is 41.2 Å². The fourth-order valence-corrected chi connectivity index (χ4v) is 3.77. The van der Waals surface area contributed by atoms with Crippen LogP contribution in [-0.4, -0.2) is 39.0 Å². The van der Waals surface area contributed by atoms with Crippen LogP contribution in [0.1, 0.15) is 41.5 Å². The van der Waals surface area contributed by atoms with Gasteiger partial charge in [0.2, 0.25) is 5.91 Å². The van der Waals surface area contributed by atoms with Gasteiger partial charge in [-0.15, -0.1) is 0 Å². The molecule has 1 aliphatic rings. The van der Waals surface area contributed by atoms with Crippen molar-refractivity contribution in [3.05, 3.63) is 65.1 Å². The van der Waals surface area contributed by atoms with Crippen LogP contribution >= 0.6 is 0 Å². The van der Waals surface area contributed by atoms with E-state index in [1.165, 1.54) is 12.1 Å². The predicted octanol–water partition coefficient (Wildman–Crippen LogP) is 3.84. The lowest BCUT2D eigenvalue weighted by atomic mass is 9.90. The van der Waals surface area contributed by atoms with E-state index in [4.69, 9.17) is 9.51 Å². The van der Waals surface area contributed by atoms with Crippen LogP contribution in [0.4, 0.5) is 4.39 Å². The van der Waals surface area contributed by atoms with Gasteiger partial charge in [-0.05, 0) is 44.4 Å². The van der Waals surface area contributed by atoms with Gasteiger partial charge in [0.25, 0.3) is 0 Å². The average Bonchev–Trinajstić information content (AvgIpc) is 3.16. The zero-order chi connectivity index (χ0) is 20.4. The summed E-state index contributed by atoms with van der Waals surface area (Å²) in [6.07, 6.45) is 3.74. The molecule has 3 aromatic rings. The van der Waals surface area contributed by atoms with Crippen molar-refractivity contribution in [1.29, 1.82) is 0 Å². The molecule has 1 amide bonds. The molecule has 1 saturated heterocycles. The second-order valence-electron chi connectivity index (χ2n) is 7.51. The summed E-state index contributed by atoms with van der Waals surface area (Å²) < 4.78 is 18.5. The van der Waals surface area contributed by atoms with Gasteiger partial charge < -0.3 is 9.42 Å². The summed E-state index contributed by atoms with van der Waals surface area (Å²) in [5.41, 5.74) is 3.47. The maximum atomic E-state index is 13.1. The summed E-state index contributed by atoms with van der Waals surface area (Å²) in [5, 5.41) is 3.98. The van der Waals surface area contributed by atoms with Crippen molar-refractivity contribution in [3.8, 4) is 11.3 Å². The number of carbonyl (C=O) groups excluding carboxylic acids is 1. The fourth-order valence-electron chi connectivity index (χ4n) is 3.77. The molecule has 150 valence electrons. The minimum Gasteiger partial charge on any atom is -0.356 e. The third kappa shape index (κ3) is 4.34. The van der Waals surface area contributed by atoms with Gasteiger partial charge in [-0.2, -0.15) is 0 Å². The molecule has 0 bridgehead atoms. The largest absolute Gasteiger partial charge is 0.356 e. The molecule has 0 aliphatic carbocycles. The Hall–Kier alpha value is -3.09. The van der Waals surface area contributed by atoms with E-state index in [9.17, 15) is 9.18 Å². The standard InChI is InChI=1S/C22H23FN4O2/c1-14-11-20(29-26-14)19-13-24-15(2)25-22(19)17-7-9-27(10-8-17)21(28)12-16-3-5-18(23)6-4-16/h3-6,11,13,17H,7-10,12H2,1-2H3. The maximum Gasteiger partial charge on any atom is 0.226 e. The topological polar surface area (TPSA) is 72.1 Å². The Labute approximate surface area is 168 Å². The average molecular weight is 394 g/mol. The van der Waals surface area contributed by atoms with Crippen molar-refractivity contribution in [3.63, 3.8) is 0 Å². The highest BCUT2D eigenvalue weighted by atomic mass is 19.1. The molecule has 7 heteroatoms. The van der Waals surface area contributed by atoms with Crippen molar-refractivity contribution < 1.29 is 13.7 Å². The van der Waals surface area contributed by atoms with E-state index in [-0.39, 0.29) is 17.6 Å². The number of nitrogens with zero attached hydrogens (tertiary/aromatic N) is 4. The molecule has 1 fully saturated rings. The van der Waals surface area contributed by atoms with E-state index in [1.54, 1.807) is 18.3 Å². The van der Waals surface area contributed by atoms with Gasteiger partial charge in [-0.3, -0.25) is 4.79 Å². The summed E-state index contributed by atoms with van der Waals surface area (Å²) in [7, 11) is 0. The van der Waals surface area contributed by atoms with E-state index in [1.807, 2.05) is 24.8 Å². The quantitative estimate of drug-likeness (QED) is 0.672. The number of aryl methyl sites for hydroxylation is 2. The Morgan fingerprint density at radius 2 is 1.93 bits per heavy atom. The van der Waals surface area contributed by atoms with E-state index < -0.39 is 0 Å². The zero-order valence-corrected chi connectivity index (χ0v) is 16.6. The molecule has 4 rings (SSSR count). The number of rotatable bonds is 4. The second-order valence-corrected chi connectivity index (χ2v) is 7.51. The molecule has 0 atom stereocenters. The Bertz CT molecular complexity index is 1010. The second kappa shape index (κ2) is 8.11. The molecule has 29 heavy (non-hydrogen) atoms. The van der Waals surface area contributed by atoms with E-state index >= 15 is 0 Å². The van der Waals surface area contributed by atoms with E-state index in [0.29, 0.717) is 25.3 Å². The number of halogens is 1. The van der Waals surface area contributed by atoms with Crippen molar-refractivity contribution in [2.45, 2.75) is 39.0 Å². The molecule has 1 aromatic carbocycles. The highest BCUT2D eigenvalue weighted by Gasteiger charge is 2.27. The van der Waals surface area contributed by atoms with Crippen molar-refractivity contribution in [2.24, 2.45) is 0 Å². The van der Waals surface area contributed by atoms with Crippen LogP contribution in [0, 0.1) is 19.7 Å². The molecule has 2 aromatic heterocycles. The number of piperidine rings is 1. The van der Waals surface area contributed by atoms with Gasteiger partial charge in [0.1, 0.15) is 11.6 Å². The van der Waals surface area contributed by atoms with Crippen LogP contribution in [0.2, 0.25) is 0 Å². The van der Waals surface area contributed by atoms with Crippen molar-refractivity contribution in [2.75, 3.05) is 13.1 Å². The van der Waals surface area contributed by atoms with Crippen LogP contribution in [-0.2, 0) is 11.2 Å². The van der Waals surface area contributed by atoms with Crippen LogP contribution in [0.3, 0.4) is 0 Å². The summed E-state index contributed by atoms with van der Waals surface area (Å²) in [6.45, 7) is 5.10. The molecule has 3 heterocycles. The monoisotopic (exact) mass is 394 g/mol. The van der Waals surface area contributed by atoms with Crippen molar-refractivity contribution >= 4 is 5.91 Å². The molecule has 0 unspecified atom stereocenters. The molecular formula is C22H23FN4O2. The smallest absolute Gasteiger partial charge is 0.226 e. The van der Waals surface area contributed by atoms with Gasteiger partial charge in [0, 0.05) is 31.3 Å². The van der Waals surface area contributed by atoms with Gasteiger partial charge in [0.15, 0.2) is 5.76 Å². The number of hydrogen-bond donors (Lipinski definition) is 0. The number of aromatic nitrogens is 3. The summed E-state index contributed by atoms with van der Waals surface area (Å²) in [4.78, 5) is 23.5. The molecule has 6 nitrogen and oxygen atoms in total. The number of likely N-dealkylation sites (tertiary alicyclic amines) is 1. The van der Waals surface area contributed by atoms with Gasteiger partial charge in [-0.1, -0.05) is 17.3 Å². The summed E-state index contributed by atoms with van der Waals surface area (Å²) in [6, 6.07) is 7.99. The van der Waals surface area contributed by atoms with Gasteiger partial charge >= 0.3 is 0 Å². The SMILES string of the molecule is Cc1cc(-c2cnc(C)nc2C2CCN(C(=O)Cc3ccc(F)cc3)CC2)on1. The molecular weight excluding hydrogens is 371 g/mol. The lowest BCUT2D eigenvalue weighted by molar-refractivity contribution is -0.131. The molecule has 0 spiro atoms. The Kier molecular flexibility index (Phi) is 5.38. The first kappa shape index (κ1) is 19.2. The fraction of sp³-hybridized carbons (Fsp3) is 0.364. The Morgan fingerprint density at radius 1 is 1.21 bits per heavy atom. The summed E-state index contributed by atoms with van der Waals surface area (Å²) in [5.74, 6) is 1.40. The predicted molar refractivity (Wildman–Crippen MR) is 106 cm³/mol. The van der Waals surface area contributed by atoms with Gasteiger partial charge in [0.05, 0.1) is 23.4 Å². The minimum absolute atomic E-state index is 0.0695. The van der Waals surface area contributed by atoms with Crippen LogP contribution < -0.4 is 0 Å². The van der Waals surface area contributed by atoms with Crippen LogP contribution in [0.25, 0.3) is 11.3 Å². The summed E-state index contributed by atoms with van der Waals surface area (Å²) >= 11 is 0. The van der Waals surface area contributed by atoms with Crippen LogP contribution in [0.5, 0.6) is 0 Å². The Morgan fingerprint density at radius 3 is 2.59 bits per heavy atom. The lowest BCUT2D eigenvalue weighted by Gasteiger charge is -2.32.